The second-order valence-electron chi connectivity index (χ2n) is 15.4. The number of esters is 2. The van der Waals surface area contributed by atoms with E-state index < -0.39 is 11.9 Å². The van der Waals surface area contributed by atoms with Crippen LogP contribution in [0.4, 0.5) is 0 Å². The summed E-state index contributed by atoms with van der Waals surface area (Å²) in [6, 6.07) is 0. The van der Waals surface area contributed by atoms with Crippen molar-refractivity contribution < 1.29 is 45.3 Å². The zero-order valence-electron chi connectivity index (χ0n) is 32.6. The van der Waals surface area contributed by atoms with E-state index in [9.17, 15) is 9.59 Å². The molecular formula is C40H75NaO3. The molecular weight excluding hydrogens is 551 g/mol. The van der Waals surface area contributed by atoms with Crippen molar-refractivity contribution in [3.05, 3.63) is 23.3 Å². The maximum Gasteiger partial charge on any atom is 1.00 e. The van der Waals surface area contributed by atoms with Gasteiger partial charge in [-0.05, 0) is 75.0 Å². The minimum atomic E-state index is -0.543. The van der Waals surface area contributed by atoms with E-state index in [2.05, 4.69) is 55.4 Å². The van der Waals surface area contributed by atoms with Crippen LogP contribution in [-0.4, -0.2) is 11.9 Å². The van der Waals surface area contributed by atoms with Crippen LogP contribution < -0.4 is 29.6 Å². The first-order chi connectivity index (χ1) is 20.3. The van der Waals surface area contributed by atoms with Gasteiger partial charge in [-0.3, -0.25) is 0 Å². The third-order valence-electron chi connectivity index (χ3n) is 9.21. The van der Waals surface area contributed by atoms with Crippen LogP contribution in [0.1, 0.15) is 186 Å². The molecule has 0 spiro atoms. The SMILES string of the molecule is C/C(=C\C(=O)OC(=O)/C=C(\C)CCC[C@H](C)CCC[C@H](C)CCCC(C)C)CCC[C@H](C)CCC[C@H](C)CCCC(C)C.[H-].[Na+]. The van der Waals surface area contributed by atoms with E-state index in [1.807, 2.05) is 13.8 Å². The summed E-state index contributed by atoms with van der Waals surface area (Å²) >= 11 is 0. The monoisotopic (exact) mass is 627 g/mol. The fraction of sp³-hybridized carbons (Fsp3) is 0.850. The van der Waals surface area contributed by atoms with Gasteiger partial charge in [0, 0.05) is 12.2 Å². The molecule has 0 fully saturated rings. The molecule has 0 rings (SSSR count). The Morgan fingerprint density at radius 3 is 1.00 bits per heavy atom. The summed E-state index contributed by atoms with van der Waals surface area (Å²) in [5.41, 5.74) is 1.98. The molecule has 0 unspecified atom stereocenters. The van der Waals surface area contributed by atoms with Crippen molar-refractivity contribution in [2.45, 2.75) is 185 Å². The van der Waals surface area contributed by atoms with Gasteiger partial charge < -0.3 is 6.16 Å². The Balaban J connectivity index is -0.00000882. The molecule has 3 nitrogen and oxygen atoms in total. The number of carbonyl (C=O) groups excluding carboxylic acids is 2. The van der Waals surface area contributed by atoms with Gasteiger partial charge in [0.05, 0.1) is 0 Å². The summed E-state index contributed by atoms with van der Waals surface area (Å²) in [7, 11) is 0. The number of allylic oxidation sites excluding steroid dienone is 2. The molecule has 0 aliphatic heterocycles. The quantitative estimate of drug-likeness (QED) is 0.0415. The summed E-state index contributed by atoms with van der Waals surface area (Å²) < 4.78 is 5.05. The van der Waals surface area contributed by atoms with E-state index in [4.69, 9.17) is 4.74 Å². The Kier molecular flexibility index (Phi) is 30.0. The van der Waals surface area contributed by atoms with E-state index in [1.54, 1.807) is 0 Å². The second-order valence-corrected chi connectivity index (χ2v) is 15.4. The molecule has 4 heteroatoms. The van der Waals surface area contributed by atoms with Crippen molar-refractivity contribution in [2.75, 3.05) is 0 Å². The molecule has 0 radical (unpaired) electrons. The van der Waals surface area contributed by atoms with Gasteiger partial charge in [-0.2, -0.15) is 0 Å². The van der Waals surface area contributed by atoms with E-state index in [0.29, 0.717) is 11.8 Å². The third kappa shape index (κ3) is 30.3. The van der Waals surface area contributed by atoms with E-state index in [0.717, 1.165) is 60.5 Å². The number of carbonyl (C=O) groups is 2. The summed E-state index contributed by atoms with van der Waals surface area (Å²) in [6.45, 7) is 22.7. The number of rotatable bonds is 26. The summed E-state index contributed by atoms with van der Waals surface area (Å²) in [4.78, 5) is 24.5. The molecule has 0 aromatic rings. The van der Waals surface area contributed by atoms with Crippen molar-refractivity contribution >= 4 is 11.9 Å². The predicted octanol–water partition coefficient (Wildman–Crippen LogP) is 9.94. The molecule has 0 saturated carbocycles. The van der Waals surface area contributed by atoms with Crippen LogP contribution in [0.3, 0.4) is 0 Å². The zero-order chi connectivity index (χ0) is 32.6. The van der Waals surface area contributed by atoms with Crippen LogP contribution in [0.15, 0.2) is 23.3 Å². The molecule has 0 aliphatic carbocycles. The zero-order valence-corrected chi connectivity index (χ0v) is 33.6. The first-order valence-electron chi connectivity index (χ1n) is 18.4. The molecule has 0 N–H and O–H groups in total. The van der Waals surface area contributed by atoms with E-state index in [1.165, 1.54) is 102 Å². The molecule has 44 heavy (non-hydrogen) atoms. The minimum Gasteiger partial charge on any atom is -1.00 e. The molecule has 254 valence electrons. The van der Waals surface area contributed by atoms with Crippen molar-refractivity contribution in [3.8, 4) is 0 Å². The molecule has 0 bridgehead atoms. The molecule has 0 aliphatic rings. The van der Waals surface area contributed by atoms with Gasteiger partial charge in [0.25, 0.3) is 0 Å². The maximum atomic E-state index is 12.3. The molecule has 0 heterocycles. The predicted molar refractivity (Wildman–Crippen MR) is 189 cm³/mol. The first kappa shape index (κ1) is 45.7. The van der Waals surface area contributed by atoms with Crippen LogP contribution in [0, 0.1) is 35.5 Å². The van der Waals surface area contributed by atoms with Gasteiger partial charge in [-0.15, -0.1) is 0 Å². The number of ether oxygens (including phenoxy) is 1. The van der Waals surface area contributed by atoms with Gasteiger partial charge >= 0.3 is 41.5 Å². The van der Waals surface area contributed by atoms with Gasteiger partial charge in [-0.1, -0.05) is 156 Å². The topological polar surface area (TPSA) is 43.4 Å². The largest absolute Gasteiger partial charge is 1.00 e. The van der Waals surface area contributed by atoms with Crippen LogP contribution in [0.25, 0.3) is 0 Å². The van der Waals surface area contributed by atoms with E-state index >= 15 is 0 Å². The van der Waals surface area contributed by atoms with Crippen LogP contribution >= 0.6 is 0 Å². The van der Waals surface area contributed by atoms with Gasteiger partial charge in [-0.25, -0.2) is 9.59 Å². The smallest absolute Gasteiger partial charge is 1.00 e. The maximum absolute atomic E-state index is 12.3. The third-order valence-corrected chi connectivity index (χ3v) is 9.21. The molecule has 0 amide bonds. The summed E-state index contributed by atoms with van der Waals surface area (Å²) in [5.74, 6) is 3.66. The average molecular weight is 627 g/mol. The molecule has 0 saturated heterocycles. The Labute approximate surface area is 299 Å². The normalized spacial score (nSPS) is 15.2. The van der Waals surface area contributed by atoms with Gasteiger partial charge in [0.1, 0.15) is 0 Å². The number of hydrogen-bond acceptors (Lipinski definition) is 3. The Hall–Kier alpha value is -0.380. The fourth-order valence-electron chi connectivity index (χ4n) is 6.12. The van der Waals surface area contributed by atoms with E-state index in [-0.39, 0.29) is 31.0 Å². The Morgan fingerprint density at radius 1 is 0.477 bits per heavy atom. The minimum absolute atomic E-state index is 0. The molecule has 0 aromatic heterocycles. The summed E-state index contributed by atoms with van der Waals surface area (Å²) in [5, 5.41) is 0. The van der Waals surface area contributed by atoms with Crippen LogP contribution in [-0.2, 0) is 14.3 Å². The Morgan fingerprint density at radius 2 is 0.727 bits per heavy atom. The summed E-state index contributed by atoms with van der Waals surface area (Å²) in [6.07, 6.45) is 25.3. The van der Waals surface area contributed by atoms with Crippen LogP contribution in [0.5, 0.6) is 0 Å². The number of hydrogen-bond donors (Lipinski definition) is 0. The Bertz CT molecular complexity index is 724. The van der Waals surface area contributed by atoms with Crippen molar-refractivity contribution in [1.82, 2.24) is 0 Å². The second kappa shape index (κ2) is 28.8. The molecule has 4 atom stereocenters. The van der Waals surface area contributed by atoms with Crippen molar-refractivity contribution in [2.24, 2.45) is 35.5 Å². The van der Waals surface area contributed by atoms with Gasteiger partial charge in [0.2, 0.25) is 0 Å². The van der Waals surface area contributed by atoms with Crippen LogP contribution in [0.2, 0.25) is 0 Å². The fourth-order valence-corrected chi connectivity index (χ4v) is 6.12. The molecule has 0 aromatic carbocycles. The van der Waals surface area contributed by atoms with Gasteiger partial charge in [0.15, 0.2) is 0 Å². The van der Waals surface area contributed by atoms with Crippen molar-refractivity contribution in [3.63, 3.8) is 0 Å². The average Bonchev–Trinajstić information content (AvgIpc) is 2.87. The standard InChI is InChI=1S/C40H74O3.Na.H/c1-31(2)17-11-19-33(5)21-13-23-35(7)25-15-27-37(9)29-39(41)43-40(42)30-38(10)28-16-26-36(8)24-14-22-34(6)20-12-18-32(3)4;;/h29-36H,11-28H2,1-10H3;;/q;+1;-1/b37-29+,38-30+;;/t33-,34-,35-,36-;;/m1../s1. The van der Waals surface area contributed by atoms with Crippen molar-refractivity contribution in [1.29, 1.82) is 0 Å². The first-order valence-corrected chi connectivity index (χ1v) is 18.4.